The lowest BCUT2D eigenvalue weighted by atomic mass is 10.00. The lowest BCUT2D eigenvalue weighted by Gasteiger charge is -2.40. The highest BCUT2D eigenvalue weighted by Gasteiger charge is 2.46. The zero-order valence-corrected chi connectivity index (χ0v) is 41.7. The monoisotopic (exact) mass is 935 g/mol. The quantitative estimate of drug-likeness (QED) is 0.0257. The number of hydrogen-bond acceptors (Lipinski definition) is 11. The molecule has 1 heterocycles. The fraction of sp³-hybridized carbons (Fsp3) is 0.961. The normalized spacial score (nSPS) is 19.5. The van der Waals surface area contributed by atoms with Crippen LogP contribution in [0.2, 0.25) is 0 Å². The Bertz CT molecular complexity index is 1190. The van der Waals surface area contributed by atoms with Crippen molar-refractivity contribution in [3.05, 3.63) is 0 Å². The van der Waals surface area contributed by atoms with Crippen molar-refractivity contribution in [3.8, 4) is 0 Å². The van der Waals surface area contributed by atoms with E-state index in [2.05, 4.69) is 13.8 Å². The fourth-order valence-corrected chi connectivity index (χ4v) is 9.25. The molecular formula is C51H98O12S. The average Bonchev–Trinajstić information content (AvgIpc) is 3.26. The number of hydrogen-bond donors (Lipinski definition) is 4. The number of aliphatic hydroxyl groups excluding tert-OH is 3. The molecule has 0 aromatic carbocycles. The number of carbonyl (C=O) groups excluding carboxylic acids is 2. The molecule has 0 aromatic heterocycles. The smallest absolute Gasteiger partial charge is 0.306 e. The van der Waals surface area contributed by atoms with E-state index in [0.717, 1.165) is 38.5 Å². The summed E-state index contributed by atoms with van der Waals surface area (Å²) in [5.41, 5.74) is 0. The van der Waals surface area contributed by atoms with Crippen molar-refractivity contribution in [2.24, 2.45) is 0 Å². The zero-order valence-electron chi connectivity index (χ0n) is 40.9. The van der Waals surface area contributed by atoms with Gasteiger partial charge in [-0.2, -0.15) is 8.42 Å². The summed E-state index contributed by atoms with van der Waals surface area (Å²) < 4.78 is 54.3. The highest BCUT2D eigenvalue weighted by atomic mass is 32.2. The van der Waals surface area contributed by atoms with E-state index in [1.54, 1.807) is 0 Å². The van der Waals surface area contributed by atoms with Crippen LogP contribution in [0.4, 0.5) is 0 Å². The van der Waals surface area contributed by atoms with Crippen molar-refractivity contribution < 1.29 is 56.8 Å². The lowest BCUT2D eigenvalue weighted by molar-refractivity contribution is -0.297. The molecule has 0 spiro atoms. The van der Waals surface area contributed by atoms with Crippen LogP contribution in [-0.2, 0) is 38.7 Å². The van der Waals surface area contributed by atoms with Gasteiger partial charge in [-0.15, -0.1) is 0 Å². The van der Waals surface area contributed by atoms with Crippen LogP contribution in [0.25, 0.3) is 0 Å². The molecule has 6 atom stereocenters. The highest BCUT2D eigenvalue weighted by Crippen LogP contribution is 2.24. The van der Waals surface area contributed by atoms with Crippen molar-refractivity contribution in [2.75, 3.05) is 19.0 Å². The third kappa shape index (κ3) is 35.8. The predicted molar refractivity (Wildman–Crippen MR) is 257 cm³/mol. The summed E-state index contributed by atoms with van der Waals surface area (Å²) >= 11 is 0. The number of rotatable bonds is 46. The molecule has 0 aromatic rings. The van der Waals surface area contributed by atoms with Gasteiger partial charge in [0.1, 0.15) is 36.8 Å². The molecule has 1 aliphatic rings. The minimum absolute atomic E-state index is 0.173. The molecule has 13 heteroatoms. The van der Waals surface area contributed by atoms with Crippen LogP contribution in [0.1, 0.15) is 258 Å². The minimum Gasteiger partial charge on any atom is -0.462 e. The molecule has 1 saturated heterocycles. The largest absolute Gasteiger partial charge is 0.462 e. The summed E-state index contributed by atoms with van der Waals surface area (Å²) in [6.45, 7) is 3.82. The molecule has 1 fully saturated rings. The van der Waals surface area contributed by atoms with Gasteiger partial charge in [0.15, 0.2) is 12.4 Å². The van der Waals surface area contributed by atoms with E-state index in [1.165, 1.54) is 180 Å². The first-order chi connectivity index (χ1) is 31.0. The van der Waals surface area contributed by atoms with Crippen LogP contribution in [0.15, 0.2) is 0 Å². The van der Waals surface area contributed by atoms with Crippen molar-refractivity contribution in [3.63, 3.8) is 0 Å². The van der Waals surface area contributed by atoms with E-state index >= 15 is 0 Å². The lowest BCUT2D eigenvalue weighted by Crippen LogP contribution is -2.60. The molecule has 64 heavy (non-hydrogen) atoms. The van der Waals surface area contributed by atoms with Gasteiger partial charge in [-0.25, -0.2) is 0 Å². The van der Waals surface area contributed by atoms with Gasteiger partial charge in [0, 0.05) is 12.8 Å². The number of aliphatic hydroxyl groups is 3. The van der Waals surface area contributed by atoms with Gasteiger partial charge >= 0.3 is 11.9 Å². The van der Waals surface area contributed by atoms with Crippen LogP contribution < -0.4 is 0 Å². The maximum absolute atomic E-state index is 12.9. The molecule has 0 radical (unpaired) electrons. The van der Waals surface area contributed by atoms with Crippen LogP contribution in [0.5, 0.6) is 0 Å². The second kappa shape index (κ2) is 41.8. The number of ether oxygens (including phenoxy) is 4. The van der Waals surface area contributed by atoms with Gasteiger partial charge < -0.3 is 34.3 Å². The molecule has 1 rings (SSSR count). The Morgan fingerprint density at radius 2 is 0.797 bits per heavy atom. The van der Waals surface area contributed by atoms with Crippen molar-refractivity contribution in [1.29, 1.82) is 0 Å². The first kappa shape index (κ1) is 60.7. The van der Waals surface area contributed by atoms with Gasteiger partial charge in [0.05, 0.1) is 6.61 Å². The van der Waals surface area contributed by atoms with E-state index in [4.69, 9.17) is 18.9 Å². The molecule has 12 nitrogen and oxygen atoms in total. The summed E-state index contributed by atoms with van der Waals surface area (Å²) in [6.07, 6.45) is 35.7. The Morgan fingerprint density at radius 3 is 1.14 bits per heavy atom. The van der Waals surface area contributed by atoms with Crippen molar-refractivity contribution >= 4 is 22.1 Å². The number of esters is 2. The molecule has 0 bridgehead atoms. The predicted octanol–water partition coefficient (Wildman–Crippen LogP) is 12.0. The molecule has 0 aliphatic carbocycles. The standard InChI is InChI=1S/C51H98O12S/c1-3-5-7-9-11-13-15-17-19-21-23-25-27-29-31-33-35-37-39-46(52)60-41-44(42-61-51-50(56)49(55)48(54)45(63-51)43-64(57,58)59)62-47(53)40-38-36-34-32-30-28-26-24-22-20-18-16-14-12-10-8-6-4-2/h44-45,48-51,54-56H,3-43H2,1-2H3,(H,57,58,59). The summed E-state index contributed by atoms with van der Waals surface area (Å²) in [5.74, 6) is -1.96. The summed E-state index contributed by atoms with van der Waals surface area (Å²) in [6, 6.07) is 0. The van der Waals surface area contributed by atoms with Gasteiger partial charge in [-0.05, 0) is 12.8 Å². The average molecular weight is 935 g/mol. The summed E-state index contributed by atoms with van der Waals surface area (Å²) in [4.78, 5) is 25.5. The fourth-order valence-electron chi connectivity index (χ4n) is 8.56. The van der Waals surface area contributed by atoms with Crippen LogP contribution >= 0.6 is 0 Å². The van der Waals surface area contributed by atoms with Crippen molar-refractivity contribution in [2.45, 2.75) is 295 Å². The van der Waals surface area contributed by atoms with Gasteiger partial charge in [0.25, 0.3) is 10.1 Å². The topological polar surface area (TPSA) is 186 Å². The third-order valence-electron chi connectivity index (χ3n) is 12.7. The Hall–Kier alpha value is -1.35. The molecule has 380 valence electrons. The van der Waals surface area contributed by atoms with Crippen molar-refractivity contribution in [1.82, 2.24) is 0 Å². The van der Waals surface area contributed by atoms with Gasteiger partial charge in [0.2, 0.25) is 0 Å². The van der Waals surface area contributed by atoms with E-state index < -0.39 is 71.2 Å². The molecule has 0 saturated carbocycles. The summed E-state index contributed by atoms with van der Waals surface area (Å²) in [5, 5.41) is 31.0. The second-order valence-corrected chi connectivity index (χ2v) is 20.4. The Balaban J connectivity index is 2.34. The maximum atomic E-state index is 12.9. The third-order valence-corrected chi connectivity index (χ3v) is 13.4. The SMILES string of the molecule is CCCCCCCCCCCCCCCCCCCCC(=O)OCC(COC1OC(CS(=O)(=O)O)C(O)C(O)C1O)OC(=O)CCCCCCCCCCCCCCCCCCCC. The van der Waals surface area contributed by atoms with E-state index in [9.17, 15) is 37.9 Å². The molecular weight excluding hydrogens is 837 g/mol. The van der Waals surface area contributed by atoms with E-state index in [0.29, 0.717) is 12.8 Å². The number of carbonyl (C=O) groups is 2. The first-order valence-electron chi connectivity index (χ1n) is 26.6. The van der Waals surface area contributed by atoms with E-state index in [-0.39, 0.29) is 19.4 Å². The molecule has 1 aliphatic heterocycles. The molecule has 4 N–H and O–H groups in total. The van der Waals surface area contributed by atoms with Gasteiger partial charge in [-0.1, -0.05) is 232 Å². The molecule has 0 amide bonds. The van der Waals surface area contributed by atoms with Crippen LogP contribution in [0.3, 0.4) is 0 Å². The number of unbranched alkanes of at least 4 members (excludes halogenated alkanes) is 34. The Kier molecular flexibility index (Phi) is 39.6. The Labute approximate surface area is 391 Å². The van der Waals surface area contributed by atoms with Gasteiger partial charge in [-0.3, -0.25) is 14.1 Å². The Morgan fingerprint density at radius 1 is 0.469 bits per heavy atom. The van der Waals surface area contributed by atoms with Crippen LogP contribution in [-0.4, -0.2) is 96.0 Å². The minimum atomic E-state index is -4.60. The van der Waals surface area contributed by atoms with Crippen LogP contribution in [0, 0.1) is 0 Å². The second-order valence-electron chi connectivity index (χ2n) is 18.9. The molecule has 6 unspecified atom stereocenters. The first-order valence-corrected chi connectivity index (χ1v) is 28.2. The summed E-state index contributed by atoms with van der Waals surface area (Å²) in [7, 11) is -4.60. The zero-order chi connectivity index (χ0) is 46.9. The maximum Gasteiger partial charge on any atom is 0.306 e. The van der Waals surface area contributed by atoms with E-state index in [1.807, 2.05) is 0 Å². The highest BCUT2D eigenvalue weighted by molar-refractivity contribution is 7.85.